The molecule has 0 aliphatic carbocycles. The zero-order valence-electron chi connectivity index (χ0n) is 22.1. The minimum absolute atomic E-state index is 0.236. The number of ether oxygens (including phenoxy) is 3. The number of carbonyl (C=O) groups is 1. The van der Waals surface area contributed by atoms with Crippen LogP contribution in [0, 0.1) is 0 Å². The lowest BCUT2D eigenvalue weighted by Crippen LogP contribution is -2.20. The fourth-order valence-corrected chi connectivity index (χ4v) is 4.44. The number of esters is 1. The Morgan fingerprint density at radius 3 is 2.70 bits per heavy atom. The summed E-state index contributed by atoms with van der Waals surface area (Å²) in [5.74, 6) is 1.01. The summed E-state index contributed by atoms with van der Waals surface area (Å²) >= 11 is 3.48. The Morgan fingerprint density at radius 1 is 1.07 bits per heavy atom. The Hall–Kier alpha value is -4.44. The van der Waals surface area contributed by atoms with Crippen molar-refractivity contribution in [3.63, 3.8) is 0 Å². The van der Waals surface area contributed by atoms with E-state index in [0.29, 0.717) is 45.9 Å². The number of aromatic nitrogens is 2. The van der Waals surface area contributed by atoms with Crippen LogP contribution in [0.4, 0.5) is 0 Å². The van der Waals surface area contributed by atoms with Gasteiger partial charge in [-0.15, -0.1) is 0 Å². The third-order valence-electron chi connectivity index (χ3n) is 5.76. The Balaban J connectivity index is 1.53. The monoisotopic (exact) mass is 603 g/mol. The molecule has 5 rings (SSSR count). The van der Waals surface area contributed by atoms with Crippen LogP contribution >= 0.6 is 15.9 Å². The summed E-state index contributed by atoms with van der Waals surface area (Å²) < 4.78 is 24.7. The minimum Gasteiger partial charge on any atom is -0.490 e. The molecule has 0 saturated carbocycles. The maximum absolute atomic E-state index is 13.5. The number of carbonyl (C=O) groups excluding carboxylic acids is 1. The van der Waals surface area contributed by atoms with E-state index in [1.54, 1.807) is 50.2 Å². The molecule has 0 N–H and O–H groups in total. The number of hydrogen-bond acceptors (Lipinski definition) is 8. The van der Waals surface area contributed by atoms with Gasteiger partial charge in [0.05, 0.1) is 29.8 Å². The van der Waals surface area contributed by atoms with E-state index in [-0.39, 0.29) is 24.1 Å². The zero-order valence-corrected chi connectivity index (χ0v) is 23.7. The van der Waals surface area contributed by atoms with Crippen molar-refractivity contribution in [1.29, 1.82) is 0 Å². The number of hydrogen-bond donors (Lipinski definition) is 0. The van der Waals surface area contributed by atoms with Crippen LogP contribution in [0.25, 0.3) is 33.5 Å². The van der Waals surface area contributed by atoms with Crippen LogP contribution in [-0.4, -0.2) is 41.2 Å². The van der Waals surface area contributed by atoms with Gasteiger partial charge in [-0.3, -0.25) is 4.79 Å². The summed E-state index contributed by atoms with van der Waals surface area (Å²) in [6.45, 7) is 5.52. The number of halogens is 1. The highest BCUT2D eigenvalue weighted by atomic mass is 79.9. The van der Waals surface area contributed by atoms with Crippen molar-refractivity contribution in [2.45, 2.75) is 26.9 Å². The molecule has 0 aliphatic heterocycles. The third-order valence-corrected chi connectivity index (χ3v) is 6.25. The first-order valence-corrected chi connectivity index (χ1v) is 13.5. The molecule has 0 aliphatic rings. The molecule has 0 saturated heterocycles. The molecule has 0 fully saturated rings. The summed E-state index contributed by atoms with van der Waals surface area (Å²) in [5, 5.41) is 5.79. The molecular weight excluding hydrogens is 578 g/mol. The quantitative estimate of drug-likeness (QED) is 0.146. The second-order valence-electron chi connectivity index (χ2n) is 9.07. The van der Waals surface area contributed by atoms with Crippen LogP contribution in [0.15, 0.2) is 85.5 Å². The van der Waals surface area contributed by atoms with Crippen LogP contribution in [0.3, 0.4) is 0 Å². The molecule has 204 valence electrons. The fraction of sp³-hybridized carbons (Fsp3) is 0.200. The van der Waals surface area contributed by atoms with Crippen LogP contribution in [0.2, 0.25) is 0 Å². The Morgan fingerprint density at radius 2 is 1.90 bits per heavy atom. The van der Waals surface area contributed by atoms with E-state index in [9.17, 15) is 9.59 Å². The molecule has 9 nitrogen and oxygen atoms in total. The maximum Gasteiger partial charge on any atom is 0.344 e. The molecule has 40 heavy (non-hydrogen) atoms. The first-order chi connectivity index (χ1) is 19.3. The Kier molecular flexibility index (Phi) is 7.97. The van der Waals surface area contributed by atoms with E-state index in [1.165, 1.54) is 10.9 Å². The topological polar surface area (TPSA) is 105 Å². The number of furan rings is 1. The molecule has 0 spiro atoms. The molecule has 0 atom stereocenters. The van der Waals surface area contributed by atoms with Crippen molar-refractivity contribution in [3.05, 3.63) is 87.1 Å². The average Bonchev–Trinajstić information content (AvgIpc) is 3.35. The molecule has 0 unspecified atom stereocenters. The highest BCUT2D eigenvalue weighted by Crippen LogP contribution is 2.30. The Labute approximate surface area is 238 Å². The van der Waals surface area contributed by atoms with Gasteiger partial charge in [-0.1, -0.05) is 28.1 Å². The first-order valence-electron chi connectivity index (χ1n) is 12.7. The van der Waals surface area contributed by atoms with Gasteiger partial charge in [0.25, 0.3) is 5.56 Å². The zero-order chi connectivity index (χ0) is 28.2. The molecule has 3 aromatic carbocycles. The second kappa shape index (κ2) is 11.7. The summed E-state index contributed by atoms with van der Waals surface area (Å²) in [5.41, 5.74) is 1.49. The normalized spacial score (nSPS) is 11.5. The van der Waals surface area contributed by atoms with Crippen molar-refractivity contribution >= 4 is 50.0 Å². The van der Waals surface area contributed by atoms with E-state index in [4.69, 9.17) is 23.6 Å². The van der Waals surface area contributed by atoms with E-state index in [0.717, 1.165) is 9.86 Å². The lowest BCUT2D eigenvalue weighted by atomic mass is 10.2. The van der Waals surface area contributed by atoms with Gasteiger partial charge in [-0.2, -0.15) is 9.78 Å². The summed E-state index contributed by atoms with van der Waals surface area (Å²) in [6.07, 6.45) is 1.29. The van der Waals surface area contributed by atoms with Crippen molar-refractivity contribution in [1.82, 2.24) is 9.66 Å². The van der Waals surface area contributed by atoms with Gasteiger partial charge in [0.15, 0.2) is 23.9 Å². The molecule has 0 bridgehead atoms. The van der Waals surface area contributed by atoms with Gasteiger partial charge in [-0.05, 0) is 80.9 Å². The van der Waals surface area contributed by atoms with Gasteiger partial charge in [0.2, 0.25) is 5.82 Å². The van der Waals surface area contributed by atoms with E-state index >= 15 is 0 Å². The van der Waals surface area contributed by atoms with Crippen LogP contribution in [0.1, 0.15) is 26.3 Å². The number of fused-ring (bicyclic) bond motifs is 2. The van der Waals surface area contributed by atoms with Crippen molar-refractivity contribution in [3.8, 4) is 23.1 Å². The van der Waals surface area contributed by atoms with Gasteiger partial charge in [0.1, 0.15) is 5.58 Å². The second-order valence-corrected chi connectivity index (χ2v) is 9.99. The molecule has 10 heteroatoms. The van der Waals surface area contributed by atoms with Gasteiger partial charge < -0.3 is 18.6 Å². The molecule has 2 heterocycles. The number of rotatable bonds is 9. The highest BCUT2D eigenvalue weighted by Gasteiger charge is 2.17. The van der Waals surface area contributed by atoms with Crippen LogP contribution in [-0.2, 0) is 9.53 Å². The van der Waals surface area contributed by atoms with Crippen LogP contribution < -0.4 is 15.0 Å². The fourth-order valence-electron chi connectivity index (χ4n) is 4.07. The van der Waals surface area contributed by atoms with Crippen molar-refractivity contribution in [2.24, 2.45) is 5.10 Å². The number of para-hydroxylation sites is 1. The van der Waals surface area contributed by atoms with E-state index in [2.05, 4.69) is 21.0 Å². The lowest BCUT2D eigenvalue weighted by Gasteiger charge is -2.13. The van der Waals surface area contributed by atoms with E-state index in [1.807, 2.05) is 37.3 Å². The standard InChI is InChI=1S/C30H26BrN3O6/c1-4-37-26-13-19(9-11-25(26)38-17-28(35)39-18(2)3)16-32-34-29(33-23-8-6-5-7-22(23)30(34)36)27-15-20-14-21(31)10-12-24(20)40-27/h5-16,18H,4,17H2,1-3H3. The lowest BCUT2D eigenvalue weighted by molar-refractivity contribution is -0.149. The van der Waals surface area contributed by atoms with Crippen LogP contribution in [0.5, 0.6) is 11.5 Å². The van der Waals surface area contributed by atoms with Crippen molar-refractivity contribution in [2.75, 3.05) is 13.2 Å². The predicted octanol–water partition coefficient (Wildman–Crippen LogP) is 6.18. The minimum atomic E-state index is -0.475. The highest BCUT2D eigenvalue weighted by molar-refractivity contribution is 9.10. The number of benzene rings is 3. The molecule has 0 amide bonds. The average molecular weight is 604 g/mol. The molecule has 0 radical (unpaired) electrons. The third kappa shape index (κ3) is 5.91. The van der Waals surface area contributed by atoms with Gasteiger partial charge in [-0.25, -0.2) is 9.78 Å². The SMILES string of the molecule is CCOc1cc(C=Nn2c(-c3cc4cc(Br)ccc4o3)nc3ccccc3c2=O)ccc1OCC(=O)OC(C)C. The molecular formula is C30H26BrN3O6. The molecule has 2 aromatic heterocycles. The smallest absolute Gasteiger partial charge is 0.344 e. The van der Waals surface area contributed by atoms with Gasteiger partial charge in [0, 0.05) is 9.86 Å². The number of nitrogens with zero attached hydrogens (tertiary/aromatic N) is 3. The summed E-state index contributed by atoms with van der Waals surface area (Å²) in [7, 11) is 0. The maximum atomic E-state index is 13.5. The van der Waals surface area contributed by atoms with Crippen molar-refractivity contribution < 1.29 is 23.4 Å². The largest absolute Gasteiger partial charge is 0.490 e. The van der Waals surface area contributed by atoms with E-state index < -0.39 is 5.97 Å². The molecule has 5 aromatic rings. The summed E-state index contributed by atoms with van der Waals surface area (Å²) in [6, 6.07) is 19.7. The predicted molar refractivity (Wildman–Crippen MR) is 156 cm³/mol. The Bertz CT molecular complexity index is 1790. The summed E-state index contributed by atoms with van der Waals surface area (Å²) in [4.78, 5) is 30.2. The van der Waals surface area contributed by atoms with Gasteiger partial charge >= 0.3 is 5.97 Å². The first kappa shape index (κ1) is 27.1.